The first kappa shape index (κ1) is 15.6. The molecule has 20 heavy (non-hydrogen) atoms. The van der Waals surface area contributed by atoms with Crippen LogP contribution in [0.2, 0.25) is 0 Å². The van der Waals surface area contributed by atoms with Crippen molar-refractivity contribution in [2.45, 2.75) is 36.7 Å². The molecule has 0 saturated carbocycles. The van der Waals surface area contributed by atoms with Crippen molar-refractivity contribution in [3.8, 4) is 0 Å². The molecule has 0 aliphatic carbocycles. The zero-order valence-corrected chi connectivity index (χ0v) is 12.5. The Balaban J connectivity index is 1.85. The number of nitrogens with one attached hydrogen (secondary N) is 1. The molecule has 0 radical (unpaired) electrons. The average molecular weight is 302 g/mol. The number of amides is 1. The van der Waals surface area contributed by atoms with Gasteiger partial charge in [-0.15, -0.1) is 11.8 Å². The molecule has 0 aromatic carbocycles. The predicted octanol–water partition coefficient (Wildman–Crippen LogP) is 0.172. The number of thioether (sulfide) groups is 1. The standard InChI is InChI=1S/C13H22N2O4S/c1-19-9-6-11(13(17)18)15(7-9)12(16)8-20-10-2-4-14-5-3-10/h9-11,14H,2-8H2,1H3,(H,17,18). The molecule has 2 aliphatic heterocycles. The molecule has 0 aromatic heterocycles. The number of methoxy groups -OCH3 is 1. The van der Waals surface area contributed by atoms with E-state index in [9.17, 15) is 14.7 Å². The highest BCUT2D eigenvalue weighted by molar-refractivity contribution is 8.00. The van der Waals surface area contributed by atoms with E-state index in [2.05, 4.69) is 5.32 Å². The minimum absolute atomic E-state index is 0.0829. The Labute approximate surface area is 123 Å². The van der Waals surface area contributed by atoms with Gasteiger partial charge in [-0.1, -0.05) is 0 Å². The molecule has 7 heteroatoms. The number of carboxylic acid groups (broad SMARTS) is 1. The van der Waals surface area contributed by atoms with Crippen LogP contribution in [0, 0.1) is 0 Å². The van der Waals surface area contributed by atoms with Crippen LogP contribution in [0.5, 0.6) is 0 Å². The van der Waals surface area contributed by atoms with Crippen molar-refractivity contribution >= 4 is 23.6 Å². The first-order valence-corrected chi connectivity index (χ1v) is 8.04. The molecule has 2 atom stereocenters. The lowest BCUT2D eigenvalue weighted by atomic mass is 10.2. The van der Waals surface area contributed by atoms with Gasteiger partial charge in [0.05, 0.1) is 11.9 Å². The lowest BCUT2D eigenvalue weighted by Crippen LogP contribution is -2.42. The number of piperidine rings is 1. The normalized spacial score (nSPS) is 27.8. The summed E-state index contributed by atoms with van der Waals surface area (Å²) in [4.78, 5) is 24.9. The van der Waals surface area contributed by atoms with Gasteiger partial charge in [0.15, 0.2) is 0 Å². The second-order valence-corrected chi connectivity index (χ2v) is 6.54. The van der Waals surface area contributed by atoms with Crippen LogP contribution in [0.25, 0.3) is 0 Å². The molecule has 114 valence electrons. The highest BCUT2D eigenvalue weighted by atomic mass is 32.2. The summed E-state index contributed by atoms with van der Waals surface area (Å²) in [7, 11) is 1.56. The molecular weight excluding hydrogens is 280 g/mol. The number of ether oxygens (including phenoxy) is 1. The summed E-state index contributed by atoms with van der Waals surface area (Å²) < 4.78 is 5.19. The molecule has 0 aromatic rings. The number of nitrogens with zero attached hydrogens (tertiary/aromatic N) is 1. The van der Waals surface area contributed by atoms with E-state index in [1.165, 1.54) is 4.90 Å². The number of hydrogen-bond acceptors (Lipinski definition) is 5. The Morgan fingerprint density at radius 1 is 1.40 bits per heavy atom. The van der Waals surface area contributed by atoms with E-state index in [-0.39, 0.29) is 12.0 Å². The molecule has 2 rings (SSSR count). The number of carbonyl (C=O) groups is 2. The average Bonchev–Trinajstić information content (AvgIpc) is 2.90. The van der Waals surface area contributed by atoms with Gasteiger partial charge in [0.2, 0.25) is 5.91 Å². The maximum Gasteiger partial charge on any atom is 0.326 e. The van der Waals surface area contributed by atoms with Gasteiger partial charge in [-0.2, -0.15) is 0 Å². The van der Waals surface area contributed by atoms with E-state index < -0.39 is 12.0 Å². The van der Waals surface area contributed by atoms with E-state index in [4.69, 9.17) is 4.74 Å². The van der Waals surface area contributed by atoms with Gasteiger partial charge in [-0.05, 0) is 25.9 Å². The topological polar surface area (TPSA) is 78.9 Å². The Hall–Kier alpha value is -0.790. The second-order valence-electron chi connectivity index (χ2n) is 5.25. The molecule has 2 aliphatic rings. The molecular formula is C13H22N2O4S. The number of carboxylic acids is 1. The molecule has 2 unspecified atom stereocenters. The van der Waals surface area contributed by atoms with E-state index in [0.29, 0.717) is 24.0 Å². The molecule has 2 saturated heterocycles. The minimum Gasteiger partial charge on any atom is -0.480 e. The third kappa shape index (κ3) is 3.86. The molecule has 2 N–H and O–H groups in total. The van der Waals surface area contributed by atoms with Crippen LogP contribution >= 0.6 is 11.8 Å². The van der Waals surface area contributed by atoms with Crippen LogP contribution in [-0.4, -0.2) is 71.8 Å². The van der Waals surface area contributed by atoms with Crippen molar-refractivity contribution in [1.82, 2.24) is 10.2 Å². The molecule has 6 nitrogen and oxygen atoms in total. The molecule has 1 amide bonds. The summed E-state index contributed by atoms with van der Waals surface area (Å²) in [5.41, 5.74) is 0. The van der Waals surface area contributed by atoms with Crippen LogP contribution in [0.4, 0.5) is 0 Å². The summed E-state index contributed by atoms with van der Waals surface area (Å²) in [6.07, 6.45) is 2.36. The largest absolute Gasteiger partial charge is 0.480 e. The smallest absolute Gasteiger partial charge is 0.326 e. The number of rotatable bonds is 5. The SMILES string of the molecule is COC1CC(C(=O)O)N(C(=O)CSC2CCNCC2)C1. The minimum atomic E-state index is -0.940. The fraction of sp³-hybridized carbons (Fsp3) is 0.846. The highest BCUT2D eigenvalue weighted by Gasteiger charge is 2.39. The van der Waals surface area contributed by atoms with Crippen molar-refractivity contribution in [1.29, 1.82) is 0 Å². The number of carbonyl (C=O) groups excluding carboxylic acids is 1. The maximum atomic E-state index is 12.2. The van der Waals surface area contributed by atoms with Crippen LogP contribution in [0.1, 0.15) is 19.3 Å². The summed E-state index contributed by atoms with van der Waals surface area (Å²) in [5.74, 6) is -0.657. The molecule has 0 spiro atoms. The number of likely N-dealkylation sites (tertiary alicyclic amines) is 1. The zero-order chi connectivity index (χ0) is 14.5. The van der Waals surface area contributed by atoms with E-state index in [1.807, 2.05) is 0 Å². The number of hydrogen-bond donors (Lipinski definition) is 2. The van der Waals surface area contributed by atoms with Gasteiger partial charge >= 0.3 is 5.97 Å². The third-order valence-corrected chi connectivity index (χ3v) is 5.29. The third-order valence-electron chi connectivity index (χ3n) is 3.93. The van der Waals surface area contributed by atoms with E-state index >= 15 is 0 Å². The fourth-order valence-corrected chi connectivity index (χ4v) is 3.83. The molecule has 2 heterocycles. The van der Waals surface area contributed by atoms with Gasteiger partial charge in [0.1, 0.15) is 6.04 Å². The Morgan fingerprint density at radius 3 is 2.70 bits per heavy atom. The summed E-state index contributed by atoms with van der Waals surface area (Å²) >= 11 is 1.65. The van der Waals surface area contributed by atoms with Gasteiger partial charge in [-0.25, -0.2) is 4.79 Å². The van der Waals surface area contributed by atoms with Gasteiger partial charge in [0, 0.05) is 25.3 Å². The summed E-state index contributed by atoms with van der Waals surface area (Å²) in [6, 6.07) is -0.735. The van der Waals surface area contributed by atoms with Crippen LogP contribution < -0.4 is 5.32 Å². The Morgan fingerprint density at radius 2 is 2.10 bits per heavy atom. The van der Waals surface area contributed by atoms with Crippen molar-refractivity contribution in [3.05, 3.63) is 0 Å². The van der Waals surface area contributed by atoms with Crippen molar-refractivity contribution < 1.29 is 19.4 Å². The van der Waals surface area contributed by atoms with Gasteiger partial charge in [0.25, 0.3) is 0 Å². The van der Waals surface area contributed by atoms with E-state index in [0.717, 1.165) is 25.9 Å². The quantitative estimate of drug-likeness (QED) is 0.754. The molecule has 0 bridgehead atoms. The lowest BCUT2D eigenvalue weighted by molar-refractivity contribution is -0.147. The van der Waals surface area contributed by atoms with Crippen molar-refractivity contribution in [2.75, 3.05) is 32.5 Å². The summed E-state index contributed by atoms with van der Waals surface area (Å²) in [5, 5.41) is 13.0. The predicted molar refractivity (Wildman–Crippen MR) is 76.9 cm³/mol. The van der Waals surface area contributed by atoms with Gasteiger partial charge in [-0.3, -0.25) is 4.79 Å². The zero-order valence-electron chi connectivity index (χ0n) is 11.7. The van der Waals surface area contributed by atoms with Crippen LogP contribution in [0.15, 0.2) is 0 Å². The first-order valence-electron chi connectivity index (χ1n) is 6.99. The lowest BCUT2D eigenvalue weighted by Gasteiger charge is -2.24. The van der Waals surface area contributed by atoms with E-state index in [1.54, 1.807) is 18.9 Å². The monoisotopic (exact) mass is 302 g/mol. The first-order chi connectivity index (χ1) is 9.61. The van der Waals surface area contributed by atoms with Crippen molar-refractivity contribution in [3.63, 3.8) is 0 Å². The van der Waals surface area contributed by atoms with Crippen molar-refractivity contribution in [2.24, 2.45) is 0 Å². The maximum absolute atomic E-state index is 12.2. The van der Waals surface area contributed by atoms with Gasteiger partial charge < -0.3 is 20.1 Å². The second kappa shape index (κ2) is 7.28. The van der Waals surface area contributed by atoms with Crippen LogP contribution in [-0.2, 0) is 14.3 Å². The fourth-order valence-electron chi connectivity index (χ4n) is 2.71. The highest BCUT2D eigenvalue weighted by Crippen LogP contribution is 2.24. The Kier molecular flexibility index (Phi) is 5.68. The Bertz CT molecular complexity index is 360. The number of aliphatic carboxylic acids is 1. The van der Waals surface area contributed by atoms with Crippen LogP contribution in [0.3, 0.4) is 0 Å². The summed E-state index contributed by atoms with van der Waals surface area (Å²) in [6.45, 7) is 2.39. The molecule has 2 fully saturated rings.